The molecule has 0 aliphatic rings. The molecule has 0 radical (unpaired) electrons. The van der Waals surface area contributed by atoms with E-state index in [4.69, 9.17) is 0 Å². The largest absolute Gasteiger partial charge is 0.264 e. The quantitative estimate of drug-likeness (QED) is 0.237. The average molecular weight is 549 g/mol. The summed E-state index contributed by atoms with van der Waals surface area (Å²) < 4.78 is 56.2. The van der Waals surface area contributed by atoms with Crippen LogP contribution in [-0.4, -0.2) is 28.9 Å². The fourth-order valence-electron chi connectivity index (χ4n) is 4.44. The third-order valence-corrected chi connectivity index (χ3v) is 10.2. The maximum Gasteiger partial charge on any atom is 0.264 e. The van der Waals surface area contributed by atoms with Crippen LogP contribution in [0.5, 0.6) is 0 Å². The molecule has 0 aliphatic carbocycles. The molecule has 0 saturated carbocycles. The maximum absolute atomic E-state index is 13.3. The van der Waals surface area contributed by atoms with Crippen molar-refractivity contribution in [1.82, 2.24) is 0 Å². The Kier molecular flexibility index (Phi) is 7.94. The van der Waals surface area contributed by atoms with E-state index in [-0.39, 0.29) is 21.9 Å². The van der Waals surface area contributed by atoms with Gasteiger partial charge in [0.15, 0.2) is 0 Å². The van der Waals surface area contributed by atoms with E-state index >= 15 is 0 Å². The third kappa shape index (κ3) is 5.47. The van der Waals surface area contributed by atoms with Gasteiger partial charge in [-0.3, -0.25) is 8.61 Å². The lowest BCUT2D eigenvalue weighted by molar-refractivity contribution is 0.582. The summed E-state index contributed by atoms with van der Waals surface area (Å²) in [5, 5.41) is 0. The van der Waals surface area contributed by atoms with Crippen LogP contribution in [0, 0.1) is 0 Å². The average Bonchev–Trinajstić information content (AvgIpc) is 2.90. The van der Waals surface area contributed by atoms with Gasteiger partial charge >= 0.3 is 0 Å². The van der Waals surface area contributed by atoms with Crippen molar-refractivity contribution >= 4 is 31.4 Å². The fourth-order valence-corrected chi connectivity index (χ4v) is 7.81. The van der Waals surface area contributed by atoms with Crippen molar-refractivity contribution in [2.75, 3.05) is 8.61 Å². The molecule has 0 aliphatic heterocycles. The summed E-state index contributed by atoms with van der Waals surface area (Å²) in [5.41, 5.74) is 2.93. The summed E-state index contributed by atoms with van der Waals surface area (Å²) in [6.45, 7) is 7.38. The molecule has 0 N–H and O–H groups in total. The first-order chi connectivity index (χ1) is 18.0. The fraction of sp³-hybridized carbons (Fsp3) is 0.200. The number of nitrogens with zero attached hydrogens (tertiary/aromatic N) is 2. The standard InChI is InChI=1S/C30H32N2O4S2/c1-23(2)31(37(33,34)29-11-7-5-8-12-29)27-19-15-25(16-20-27)26-17-21-28(22-18-26)32(24(3)4)38(35,36)30-13-9-6-10-14-30/h5-24H,1-4H3. The molecule has 0 fully saturated rings. The lowest BCUT2D eigenvalue weighted by atomic mass is 10.0. The molecule has 0 heterocycles. The van der Waals surface area contributed by atoms with Crippen molar-refractivity contribution in [3.8, 4) is 11.1 Å². The molecule has 4 rings (SSSR count). The van der Waals surface area contributed by atoms with Crippen molar-refractivity contribution in [3.63, 3.8) is 0 Å². The number of anilines is 2. The zero-order valence-electron chi connectivity index (χ0n) is 21.9. The summed E-state index contributed by atoms with van der Waals surface area (Å²) in [7, 11) is -7.44. The van der Waals surface area contributed by atoms with Gasteiger partial charge in [-0.25, -0.2) is 16.8 Å². The molecule has 0 aromatic heterocycles. The van der Waals surface area contributed by atoms with E-state index in [2.05, 4.69) is 0 Å². The van der Waals surface area contributed by atoms with Crippen molar-refractivity contribution in [3.05, 3.63) is 109 Å². The number of hydrogen-bond acceptors (Lipinski definition) is 4. The predicted molar refractivity (Wildman–Crippen MR) is 154 cm³/mol. The molecule has 4 aromatic carbocycles. The van der Waals surface area contributed by atoms with Crippen LogP contribution in [0.2, 0.25) is 0 Å². The highest BCUT2D eigenvalue weighted by Crippen LogP contribution is 2.31. The van der Waals surface area contributed by atoms with Crippen LogP contribution in [0.15, 0.2) is 119 Å². The number of benzene rings is 4. The van der Waals surface area contributed by atoms with Gasteiger partial charge in [-0.05, 0) is 87.4 Å². The summed E-state index contributed by atoms with van der Waals surface area (Å²) in [4.78, 5) is 0.488. The van der Waals surface area contributed by atoms with E-state index in [1.807, 2.05) is 52.0 Å². The second-order valence-corrected chi connectivity index (χ2v) is 13.1. The van der Waals surface area contributed by atoms with Crippen LogP contribution < -0.4 is 8.61 Å². The minimum atomic E-state index is -3.72. The van der Waals surface area contributed by atoms with Crippen LogP contribution in [0.1, 0.15) is 27.7 Å². The third-order valence-electron chi connectivity index (χ3n) is 6.11. The number of hydrogen-bond donors (Lipinski definition) is 0. The zero-order valence-corrected chi connectivity index (χ0v) is 23.5. The van der Waals surface area contributed by atoms with Crippen LogP contribution >= 0.6 is 0 Å². The molecule has 6 nitrogen and oxygen atoms in total. The Morgan fingerprint density at radius 3 is 1.00 bits per heavy atom. The molecule has 0 spiro atoms. The zero-order chi connectivity index (χ0) is 27.5. The summed E-state index contributed by atoms with van der Waals surface area (Å²) >= 11 is 0. The van der Waals surface area contributed by atoms with E-state index in [1.54, 1.807) is 84.9 Å². The van der Waals surface area contributed by atoms with Gasteiger partial charge in [0.25, 0.3) is 20.0 Å². The highest BCUT2D eigenvalue weighted by molar-refractivity contribution is 7.93. The molecule has 0 amide bonds. The molecule has 0 saturated heterocycles. The Labute approximate surface area is 226 Å². The highest BCUT2D eigenvalue weighted by atomic mass is 32.2. The molecule has 0 atom stereocenters. The van der Waals surface area contributed by atoms with Crippen LogP contribution in [-0.2, 0) is 20.0 Å². The van der Waals surface area contributed by atoms with Crippen LogP contribution in [0.3, 0.4) is 0 Å². The van der Waals surface area contributed by atoms with Crippen molar-refractivity contribution in [2.24, 2.45) is 0 Å². The van der Waals surface area contributed by atoms with E-state index in [0.717, 1.165) is 11.1 Å². The normalized spacial score (nSPS) is 12.1. The van der Waals surface area contributed by atoms with Gasteiger partial charge in [-0.1, -0.05) is 60.7 Å². The minimum absolute atomic E-state index is 0.244. The highest BCUT2D eigenvalue weighted by Gasteiger charge is 2.28. The summed E-state index contributed by atoms with van der Waals surface area (Å²) in [6.07, 6.45) is 0. The Morgan fingerprint density at radius 2 is 0.737 bits per heavy atom. The molecule has 0 bridgehead atoms. The Hall–Kier alpha value is -3.62. The lowest BCUT2D eigenvalue weighted by Gasteiger charge is -2.29. The second-order valence-electron chi connectivity index (χ2n) is 9.51. The maximum atomic E-state index is 13.3. The molecule has 4 aromatic rings. The monoisotopic (exact) mass is 548 g/mol. The van der Waals surface area contributed by atoms with Gasteiger partial charge in [0.05, 0.1) is 21.2 Å². The van der Waals surface area contributed by atoms with Crippen molar-refractivity contribution in [1.29, 1.82) is 0 Å². The van der Waals surface area contributed by atoms with E-state index in [9.17, 15) is 16.8 Å². The Morgan fingerprint density at radius 1 is 0.447 bits per heavy atom. The molecule has 198 valence electrons. The second kappa shape index (κ2) is 11.0. The Balaban J connectivity index is 1.63. The van der Waals surface area contributed by atoms with Crippen LogP contribution in [0.4, 0.5) is 11.4 Å². The van der Waals surface area contributed by atoms with Gasteiger partial charge < -0.3 is 0 Å². The number of rotatable bonds is 9. The van der Waals surface area contributed by atoms with Crippen molar-refractivity contribution < 1.29 is 16.8 Å². The van der Waals surface area contributed by atoms with Crippen molar-refractivity contribution in [2.45, 2.75) is 49.6 Å². The SMILES string of the molecule is CC(C)N(c1ccc(-c2ccc(N(C(C)C)S(=O)(=O)c3ccccc3)cc2)cc1)S(=O)(=O)c1ccccc1. The predicted octanol–water partition coefficient (Wildman–Crippen LogP) is 6.56. The molecule has 0 unspecified atom stereocenters. The van der Waals surface area contributed by atoms with Gasteiger partial charge in [-0.15, -0.1) is 0 Å². The van der Waals surface area contributed by atoms with Gasteiger partial charge in [-0.2, -0.15) is 0 Å². The lowest BCUT2D eigenvalue weighted by Crippen LogP contribution is -2.37. The van der Waals surface area contributed by atoms with E-state index in [1.165, 1.54) is 8.61 Å². The smallest absolute Gasteiger partial charge is 0.264 e. The van der Waals surface area contributed by atoms with E-state index < -0.39 is 20.0 Å². The van der Waals surface area contributed by atoms with Crippen LogP contribution in [0.25, 0.3) is 11.1 Å². The summed E-state index contributed by atoms with van der Waals surface area (Å²) in [5.74, 6) is 0. The molecule has 8 heteroatoms. The Bertz CT molecular complexity index is 1450. The van der Waals surface area contributed by atoms with Gasteiger partial charge in [0.1, 0.15) is 0 Å². The first-order valence-corrected chi connectivity index (χ1v) is 15.3. The summed E-state index contributed by atoms with van der Waals surface area (Å²) in [6, 6.07) is 30.9. The molecule has 38 heavy (non-hydrogen) atoms. The molecular weight excluding hydrogens is 516 g/mol. The van der Waals surface area contributed by atoms with Gasteiger partial charge in [0.2, 0.25) is 0 Å². The topological polar surface area (TPSA) is 74.8 Å². The number of sulfonamides is 2. The van der Waals surface area contributed by atoms with E-state index in [0.29, 0.717) is 11.4 Å². The first kappa shape index (κ1) is 27.4. The first-order valence-electron chi connectivity index (χ1n) is 12.4. The molecular formula is C30H32N2O4S2. The van der Waals surface area contributed by atoms with Gasteiger partial charge in [0, 0.05) is 12.1 Å². The minimum Gasteiger partial charge on any atom is -0.264 e.